The Morgan fingerprint density at radius 2 is 1.47 bits per heavy atom. The van der Waals surface area contributed by atoms with Crippen molar-refractivity contribution in [2.24, 2.45) is 45.8 Å². The van der Waals surface area contributed by atoms with E-state index in [-0.39, 0.29) is 35.0 Å². The number of ether oxygens (including phenoxy) is 4. The summed E-state index contributed by atoms with van der Waals surface area (Å²) in [6.45, 7) is 15.7. The minimum absolute atomic E-state index is 0.0642. The molecule has 6 fully saturated rings. The molecule has 0 spiro atoms. The van der Waals surface area contributed by atoms with Crippen molar-refractivity contribution < 1.29 is 64.9 Å². The first-order valence-electron chi connectivity index (χ1n) is 21.0. The maximum atomic E-state index is 12.2. The van der Waals surface area contributed by atoms with E-state index in [0.717, 1.165) is 25.7 Å². The minimum Gasteiger partial charge on any atom is -0.394 e. The topological polar surface area (TPSA) is 219 Å². The Labute approximate surface area is 327 Å². The van der Waals surface area contributed by atoms with E-state index in [2.05, 4.69) is 33.8 Å². The molecule has 4 saturated carbocycles. The van der Waals surface area contributed by atoms with Gasteiger partial charge in [-0.2, -0.15) is 0 Å². The van der Waals surface area contributed by atoms with E-state index in [1.165, 1.54) is 12.5 Å². The summed E-state index contributed by atoms with van der Waals surface area (Å²) < 4.78 is 25.0. The molecule has 318 valence electrons. The summed E-state index contributed by atoms with van der Waals surface area (Å²) >= 11 is 0. The summed E-state index contributed by atoms with van der Waals surface area (Å²) in [6.07, 6.45) is -7.68. The molecule has 6 rings (SSSR count). The van der Waals surface area contributed by atoms with E-state index in [0.29, 0.717) is 32.1 Å². The van der Waals surface area contributed by atoms with Gasteiger partial charge in [0.2, 0.25) is 0 Å². The van der Waals surface area contributed by atoms with Gasteiger partial charge >= 0.3 is 0 Å². The van der Waals surface area contributed by atoms with Crippen LogP contribution in [0.5, 0.6) is 0 Å². The number of fused-ring (bicyclic) bond motifs is 5. The fraction of sp³-hybridized carbons (Fsp3) is 0.952. The van der Waals surface area contributed by atoms with E-state index >= 15 is 0 Å². The van der Waals surface area contributed by atoms with Crippen molar-refractivity contribution >= 4 is 0 Å². The molecule has 4 aliphatic carbocycles. The summed E-state index contributed by atoms with van der Waals surface area (Å²) in [6, 6.07) is 0. The maximum Gasteiger partial charge on any atom is 0.187 e. The lowest BCUT2D eigenvalue weighted by molar-refractivity contribution is -0.379. The van der Waals surface area contributed by atoms with Crippen molar-refractivity contribution in [3.8, 4) is 0 Å². The number of aliphatic hydroxyl groups is 9. The molecule has 0 aromatic carbocycles. The molecule has 6 aliphatic rings. The van der Waals surface area contributed by atoms with E-state index in [1.54, 1.807) is 0 Å². The van der Waals surface area contributed by atoms with Crippen LogP contribution in [0, 0.1) is 45.8 Å². The Hall–Kier alpha value is -0.780. The van der Waals surface area contributed by atoms with Crippen LogP contribution in [0.2, 0.25) is 0 Å². The van der Waals surface area contributed by atoms with Crippen molar-refractivity contribution in [3.63, 3.8) is 0 Å². The van der Waals surface area contributed by atoms with Crippen LogP contribution >= 0.6 is 0 Å². The standard InChI is InChI=1S/C42H72O13/c1-9-20(2)11-10-14-42(8,51)22-12-15-40(6)24-18-26(36-39(4,5)28(45)13-16-41(36,7)23(24)17-25(44)29(22)40)53-38-35(33(49)31(47)27(19-43)54-38)55-37-34(50)32(48)30(46)21(3)52-37/h11,21-38,43-51H,9-10,12-19H2,1-8H3/b20-11-/t21-,22+,23-,24+,25+,26-,27+,28-,29+,30-,31+,32+,33-,34+,35+,36-,37+,38+,40-,41+,42-/m1/s1. The Balaban J connectivity index is 1.34. The van der Waals surface area contributed by atoms with Crippen LogP contribution in [0.1, 0.15) is 113 Å². The zero-order valence-electron chi connectivity index (χ0n) is 34.2. The van der Waals surface area contributed by atoms with E-state index in [4.69, 9.17) is 18.9 Å². The smallest absolute Gasteiger partial charge is 0.187 e. The van der Waals surface area contributed by atoms with Gasteiger partial charge in [0, 0.05) is 0 Å². The maximum absolute atomic E-state index is 12.2. The van der Waals surface area contributed by atoms with Crippen LogP contribution in [0.3, 0.4) is 0 Å². The van der Waals surface area contributed by atoms with Gasteiger partial charge in [0.1, 0.15) is 42.7 Å². The van der Waals surface area contributed by atoms with Crippen LogP contribution in [0.4, 0.5) is 0 Å². The predicted molar refractivity (Wildman–Crippen MR) is 201 cm³/mol. The Morgan fingerprint density at radius 3 is 2.13 bits per heavy atom. The van der Waals surface area contributed by atoms with Crippen LogP contribution in [-0.4, -0.2) is 138 Å². The van der Waals surface area contributed by atoms with E-state index in [9.17, 15) is 46.0 Å². The summed E-state index contributed by atoms with van der Waals surface area (Å²) in [5.74, 6) is -0.335. The van der Waals surface area contributed by atoms with Crippen LogP contribution in [0.25, 0.3) is 0 Å². The molecule has 2 aliphatic heterocycles. The highest BCUT2D eigenvalue weighted by atomic mass is 16.8. The fourth-order valence-electron chi connectivity index (χ4n) is 12.9. The predicted octanol–water partition coefficient (Wildman–Crippen LogP) is 2.15. The number of aliphatic hydroxyl groups excluding tert-OH is 8. The molecule has 13 nitrogen and oxygen atoms in total. The van der Waals surface area contributed by atoms with Gasteiger partial charge in [-0.15, -0.1) is 0 Å². The number of rotatable bonds is 10. The lowest BCUT2D eigenvalue weighted by atomic mass is 9.39. The molecular weight excluding hydrogens is 712 g/mol. The Bertz CT molecular complexity index is 1360. The largest absolute Gasteiger partial charge is 0.394 e. The van der Waals surface area contributed by atoms with Gasteiger partial charge in [0.15, 0.2) is 12.6 Å². The molecule has 0 aromatic rings. The van der Waals surface area contributed by atoms with Gasteiger partial charge in [-0.25, -0.2) is 0 Å². The van der Waals surface area contributed by atoms with Gasteiger partial charge in [0.25, 0.3) is 0 Å². The lowest BCUT2D eigenvalue weighted by Crippen LogP contribution is -2.68. The quantitative estimate of drug-likeness (QED) is 0.115. The molecule has 0 bridgehead atoms. The minimum atomic E-state index is -1.69. The molecule has 13 heteroatoms. The van der Waals surface area contributed by atoms with Crippen molar-refractivity contribution in [1.82, 2.24) is 0 Å². The van der Waals surface area contributed by atoms with Crippen LogP contribution in [0.15, 0.2) is 11.6 Å². The Morgan fingerprint density at radius 1 is 0.818 bits per heavy atom. The average molecular weight is 785 g/mol. The highest BCUT2D eigenvalue weighted by Gasteiger charge is 2.69. The second-order valence-electron chi connectivity index (χ2n) is 19.8. The molecule has 0 amide bonds. The van der Waals surface area contributed by atoms with E-state index in [1.807, 2.05) is 20.8 Å². The Kier molecular flexibility index (Phi) is 12.7. The third-order valence-corrected chi connectivity index (χ3v) is 16.2. The van der Waals surface area contributed by atoms with E-state index < -0.39 is 103 Å². The normalized spacial score (nSPS) is 52.5. The first kappa shape index (κ1) is 43.8. The van der Waals surface area contributed by atoms with Gasteiger partial charge in [-0.3, -0.25) is 0 Å². The molecule has 0 unspecified atom stereocenters. The average Bonchev–Trinajstić information content (AvgIpc) is 3.51. The summed E-state index contributed by atoms with van der Waals surface area (Å²) in [5.41, 5.74) is -1.07. The summed E-state index contributed by atoms with van der Waals surface area (Å²) in [5, 5.41) is 100. The zero-order chi connectivity index (χ0) is 40.6. The number of hydrogen-bond donors (Lipinski definition) is 9. The number of hydrogen-bond acceptors (Lipinski definition) is 13. The first-order chi connectivity index (χ1) is 25.6. The van der Waals surface area contributed by atoms with Gasteiger partial charge in [0.05, 0.1) is 36.6 Å². The molecule has 0 aromatic heterocycles. The monoisotopic (exact) mass is 784 g/mol. The second-order valence-corrected chi connectivity index (χ2v) is 19.8. The molecule has 2 heterocycles. The van der Waals surface area contributed by atoms with Gasteiger partial charge in [-0.05, 0) is 124 Å². The first-order valence-corrected chi connectivity index (χ1v) is 21.0. The third-order valence-electron chi connectivity index (χ3n) is 16.2. The molecule has 9 N–H and O–H groups in total. The summed E-state index contributed by atoms with van der Waals surface area (Å²) in [7, 11) is 0. The zero-order valence-corrected chi connectivity index (χ0v) is 34.2. The highest BCUT2D eigenvalue weighted by Crippen LogP contribution is 2.71. The van der Waals surface area contributed by atoms with Gasteiger partial charge in [-0.1, -0.05) is 46.3 Å². The molecule has 55 heavy (non-hydrogen) atoms. The molecule has 2 saturated heterocycles. The van der Waals surface area contributed by atoms with Crippen molar-refractivity contribution in [3.05, 3.63) is 11.6 Å². The second kappa shape index (κ2) is 16.0. The van der Waals surface area contributed by atoms with Crippen molar-refractivity contribution in [2.45, 2.75) is 199 Å². The van der Waals surface area contributed by atoms with Gasteiger partial charge < -0.3 is 64.9 Å². The molecular formula is C42H72O13. The SMILES string of the molecule is CC/C(C)=C\CC[C@@](C)(O)[C@H]1CC[C@@]2(C)[C@@H]1[C@@H](O)C[C@@H]1[C@@H]2C[C@@H](O[C@H]2O[C@@H](CO)[C@H](O)[C@@H](O)[C@@H]2O[C@@H]2O[C@H](C)[C@@H](O)[C@H](O)[C@@H]2O)[C@@H]2C(C)(C)[C@H](O)CC[C@@]12C. The molecule has 21 atom stereocenters. The third kappa shape index (κ3) is 7.52. The molecule has 0 radical (unpaired) electrons. The summed E-state index contributed by atoms with van der Waals surface area (Å²) in [4.78, 5) is 0. The van der Waals surface area contributed by atoms with Crippen molar-refractivity contribution in [1.29, 1.82) is 0 Å². The highest BCUT2D eigenvalue weighted by molar-refractivity contribution is 5.18. The lowest BCUT2D eigenvalue weighted by Gasteiger charge is -2.68. The van der Waals surface area contributed by atoms with Crippen molar-refractivity contribution in [2.75, 3.05) is 6.61 Å². The van der Waals surface area contributed by atoms with Crippen LogP contribution < -0.4 is 0 Å². The number of allylic oxidation sites excluding steroid dienone is 2. The van der Waals surface area contributed by atoms with Crippen LogP contribution in [-0.2, 0) is 18.9 Å². The fourth-order valence-corrected chi connectivity index (χ4v) is 12.9.